The van der Waals surface area contributed by atoms with E-state index < -0.39 is 30.6 Å². The van der Waals surface area contributed by atoms with Crippen LogP contribution < -0.4 is 10.6 Å². The minimum absolute atomic E-state index is 0.0423. The number of carboxylic acid groups (broad SMARTS) is 2. The molecule has 1 atom stereocenters. The van der Waals surface area contributed by atoms with Crippen LogP contribution in [0, 0.1) is 0 Å². The molecule has 0 aliphatic rings. The molecule has 0 spiro atoms. The lowest BCUT2D eigenvalue weighted by Crippen LogP contribution is -2.44. The number of carbonyl (C=O) groups is 4. The van der Waals surface area contributed by atoms with Gasteiger partial charge in [-0.3, -0.25) is 9.59 Å². The molecule has 8 heteroatoms. The van der Waals surface area contributed by atoms with E-state index in [1.165, 1.54) is 0 Å². The monoisotopic (exact) mass is 232 g/mol. The summed E-state index contributed by atoms with van der Waals surface area (Å²) < 4.78 is 0. The number of carboxylic acids is 2. The Morgan fingerprint density at radius 1 is 1.19 bits per heavy atom. The second-order valence-corrected chi connectivity index (χ2v) is 2.90. The van der Waals surface area contributed by atoms with Gasteiger partial charge in [0.15, 0.2) is 0 Å². The fourth-order valence-electron chi connectivity index (χ4n) is 0.829. The van der Waals surface area contributed by atoms with Gasteiger partial charge >= 0.3 is 18.0 Å². The molecule has 0 bridgehead atoms. The Kier molecular flexibility index (Phi) is 6.25. The predicted octanol–water partition coefficient (Wildman–Crippen LogP) is -1.20. The zero-order valence-corrected chi connectivity index (χ0v) is 8.30. The third-order valence-electron chi connectivity index (χ3n) is 1.55. The predicted molar refractivity (Wildman–Crippen MR) is 50.9 cm³/mol. The van der Waals surface area contributed by atoms with Gasteiger partial charge in [0.1, 0.15) is 12.8 Å². The van der Waals surface area contributed by atoms with Crippen LogP contribution in [0.3, 0.4) is 0 Å². The minimum Gasteiger partial charge on any atom is -0.481 e. The molecule has 0 aliphatic heterocycles. The molecule has 0 rings (SSSR count). The highest BCUT2D eigenvalue weighted by Crippen LogP contribution is 1.94. The fourth-order valence-corrected chi connectivity index (χ4v) is 0.829. The first-order valence-electron chi connectivity index (χ1n) is 4.39. The SMILES string of the molecule is O=C[C@H](CCC(=O)O)NC(=O)NCC(=O)O. The highest BCUT2D eigenvalue weighted by atomic mass is 16.4. The van der Waals surface area contributed by atoms with Crippen molar-refractivity contribution in [3.05, 3.63) is 0 Å². The lowest BCUT2D eigenvalue weighted by Gasteiger charge is -2.11. The van der Waals surface area contributed by atoms with Gasteiger partial charge in [-0.25, -0.2) is 4.79 Å². The van der Waals surface area contributed by atoms with E-state index in [0.29, 0.717) is 6.29 Å². The highest BCUT2D eigenvalue weighted by molar-refractivity contribution is 5.82. The number of nitrogens with one attached hydrogen (secondary N) is 2. The highest BCUT2D eigenvalue weighted by Gasteiger charge is 2.13. The van der Waals surface area contributed by atoms with Crippen LogP contribution in [0.5, 0.6) is 0 Å². The molecule has 0 saturated heterocycles. The van der Waals surface area contributed by atoms with Crippen molar-refractivity contribution in [2.75, 3.05) is 6.54 Å². The standard InChI is InChI=1S/C8H12N2O6/c11-4-5(1-2-6(12)13)10-8(16)9-3-7(14)15/h4-5H,1-3H2,(H,12,13)(H,14,15)(H2,9,10,16)/t5-/m0/s1. The Hall–Kier alpha value is -2.12. The van der Waals surface area contributed by atoms with Crippen LogP contribution >= 0.6 is 0 Å². The molecule has 0 aliphatic carbocycles. The number of carbonyl (C=O) groups excluding carboxylic acids is 2. The van der Waals surface area contributed by atoms with Crippen LogP contribution in [-0.2, 0) is 14.4 Å². The summed E-state index contributed by atoms with van der Waals surface area (Å²) in [5, 5.41) is 20.7. The number of aliphatic carboxylic acids is 2. The van der Waals surface area contributed by atoms with E-state index in [1.807, 2.05) is 5.32 Å². The Morgan fingerprint density at radius 3 is 2.25 bits per heavy atom. The van der Waals surface area contributed by atoms with Crippen LogP contribution in [0.1, 0.15) is 12.8 Å². The summed E-state index contributed by atoms with van der Waals surface area (Å²) >= 11 is 0. The van der Waals surface area contributed by atoms with Crippen molar-refractivity contribution in [3.63, 3.8) is 0 Å². The van der Waals surface area contributed by atoms with Gasteiger partial charge in [-0.05, 0) is 6.42 Å². The summed E-state index contributed by atoms with van der Waals surface area (Å²) in [6.45, 7) is -0.573. The van der Waals surface area contributed by atoms with Gasteiger partial charge in [-0.2, -0.15) is 0 Å². The van der Waals surface area contributed by atoms with Crippen molar-refractivity contribution in [1.29, 1.82) is 0 Å². The fraction of sp³-hybridized carbons (Fsp3) is 0.500. The number of rotatable bonds is 7. The van der Waals surface area contributed by atoms with Crippen LogP contribution in [0.4, 0.5) is 4.79 Å². The normalized spacial score (nSPS) is 11.2. The first-order chi connectivity index (χ1) is 7.45. The molecule has 0 heterocycles. The summed E-state index contributed by atoms with van der Waals surface area (Å²) in [6, 6.07) is -1.77. The summed E-state index contributed by atoms with van der Waals surface area (Å²) in [5.74, 6) is -2.30. The Bertz CT molecular complexity index is 290. The summed E-state index contributed by atoms with van der Waals surface area (Å²) in [7, 11) is 0. The third kappa shape index (κ3) is 7.30. The Labute approximate surface area is 90.6 Å². The molecule has 2 amide bonds. The molecule has 16 heavy (non-hydrogen) atoms. The van der Waals surface area contributed by atoms with Crippen molar-refractivity contribution in [1.82, 2.24) is 10.6 Å². The summed E-state index contributed by atoms with van der Waals surface area (Å²) in [4.78, 5) is 41.7. The van der Waals surface area contributed by atoms with E-state index >= 15 is 0 Å². The third-order valence-corrected chi connectivity index (χ3v) is 1.55. The molecule has 0 aromatic carbocycles. The molecule has 90 valence electrons. The Balaban J connectivity index is 3.92. The molecular formula is C8H12N2O6. The summed E-state index contributed by atoms with van der Waals surface area (Å²) in [5.41, 5.74) is 0. The quantitative estimate of drug-likeness (QED) is 0.407. The average Bonchev–Trinajstić information content (AvgIpc) is 2.20. The van der Waals surface area contributed by atoms with Gasteiger partial charge in [0.2, 0.25) is 0 Å². The van der Waals surface area contributed by atoms with Crippen molar-refractivity contribution in [2.45, 2.75) is 18.9 Å². The van der Waals surface area contributed by atoms with Gasteiger partial charge in [0, 0.05) is 6.42 Å². The molecule has 0 saturated carbocycles. The minimum atomic E-state index is -1.22. The second-order valence-electron chi connectivity index (χ2n) is 2.90. The van der Waals surface area contributed by atoms with Crippen LogP contribution in [0.25, 0.3) is 0 Å². The topological polar surface area (TPSA) is 133 Å². The van der Waals surface area contributed by atoms with Gasteiger partial charge in [0.25, 0.3) is 0 Å². The van der Waals surface area contributed by atoms with E-state index in [-0.39, 0.29) is 12.8 Å². The molecule has 8 nitrogen and oxygen atoms in total. The molecule has 4 N–H and O–H groups in total. The number of amides is 2. The van der Waals surface area contributed by atoms with Gasteiger partial charge in [-0.1, -0.05) is 0 Å². The molecule has 0 radical (unpaired) electrons. The summed E-state index contributed by atoms with van der Waals surface area (Å²) in [6.07, 6.45) is 0.0885. The zero-order chi connectivity index (χ0) is 12.6. The van der Waals surface area contributed by atoms with Crippen molar-refractivity contribution >= 4 is 24.3 Å². The molecule has 0 fully saturated rings. The van der Waals surface area contributed by atoms with E-state index in [2.05, 4.69) is 5.32 Å². The van der Waals surface area contributed by atoms with E-state index in [9.17, 15) is 19.2 Å². The van der Waals surface area contributed by atoms with E-state index in [0.717, 1.165) is 0 Å². The first kappa shape index (κ1) is 13.9. The zero-order valence-electron chi connectivity index (χ0n) is 8.30. The van der Waals surface area contributed by atoms with Crippen molar-refractivity contribution in [2.24, 2.45) is 0 Å². The largest absolute Gasteiger partial charge is 0.481 e. The number of urea groups is 1. The van der Waals surface area contributed by atoms with E-state index in [4.69, 9.17) is 10.2 Å². The molecule has 0 aromatic rings. The van der Waals surface area contributed by atoms with Crippen molar-refractivity contribution < 1.29 is 29.4 Å². The molecular weight excluding hydrogens is 220 g/mol. The Morgan fingerprint density at radius 2 is 1.81 bits per heavy atom. The smallest absolute Gasteiger partial charge is 0.323 e. The lowest BCUT2D eigenvalue weighted by atomic mass is 10.2. The van der Waals surface area contributed by atoms with Gasteiger partial charge in [-0.15, -0.1) is 0 Å². The maximum Gasteiger partial charge on any atom is 0.323 e. The molecule has 0 aromatic heterocycles. The van der Waals surface area contributed by atoms with Crippen LogP contribution in [0.15, 0.2) is 0 Å². The van der Waals surface area contributed by atoms with Crippen molar-refractivity contribution in [3.8, 4) is 0 Å². The number of aldehydes is 1. The second kappa shape index (κ2) is 7.21. The van der Waals surface area contributed by atoms with Gasteiger partial charge in [0.05, 0.1) is 6.04 Å². The van der Waals surface area contributed by atoms with Crippen LogP contribution in [-0.4, -0.2) is 47.1 Å². The number of hydrogen-bond donors (Lipinski definition) is 4. The lowest BCUT2D eigenvalue weighted by molar-refractivity contribution is -0.137. The first-order valence-corrected chi connectivity index (χ1v) is 4.39. The van der Waals surface area contributed by atoms with E-state index in [1.54, 1.807) is 0 Å². The number of hydrogen-bond acceptors (Lipinski definition) is 4. The maximum atomic E-state index is 11.0. The molecule has 0 unspecified atom stereocenters. The van der Waals surface area contributed by atoms with Crippen LogP contribution in [0.2, 0.25) is 0 Å². The average molecular weight is 232 g/mol. The van der Waals surface area contributed by atoms with Gasteiger partial charge < -0.3 is 25.6 Å². The maximum absolute atomic E-state index is 11.0.